The van der Waals surface area contributed by atoms with Gasteiger partial charge < -0.3 is 58.6 Å². The van der Waals surface area contributed by atoms with Gasteiger partial charge in [0.05, 0.1) is 39.3 Å². The lowest BCUT2D eigenvalue weighted by atomic mass is 9.79. The maximum absolute atomic E-state index is 13.1. The smallest absolute Gasteiger partial charge is 0.492 e. The van der Waals surface area contributed by atoms with Crippen molar-refractivity contribution in [1.82, 2.24) is 9.97 Å². The number of hydrogen-bond acceptors (Lipinski definition) is 14. The molecule has 4 aromatic carbocycles. The number of methoxy groups -OCH3 is 4. The van der Waals surface area contributed by atoms with Crippen LogP contribution in [-0.4, -0.2) is 81.0 Å². The Bertz CT molecular complexity index is 2720. The molecule has 340 valence electrons. The molecule has 4 N–H and O–H groups in total. The van der Waals surface area contributed by atoms with Crippen LogP contribution < -0.4 is 54.0 Å². The Kier molecular flexibility index (Phi) is 13.5. The summed E-state index contributed by atoms with van der Waals surface area (Å²) in [5, 5.41) is 23.7. The van der Waals surface area contributed by atoms with E-state index in [0.29, 0.717) is 51.6 Å². The van der Waals surface area contributed by atoms with E-state index in [0.717, 1.165) is 63.9 Å². The number of nitrogens with zero attached hydrogens (tertiary/aromatic N) is 2. The number of nitrogens with one attached hydrogen (secondary N) is 2. The van der Waals surface area contributed by atoms with Crippen LogP contribution in [0.15, 0.2) is 114 Å². The van der Waals surface area contributed by atoms with Crippen LogP contribution in [0.25, 0.3) is 11.1 Å². The van der Waals surface area contributed by atoms with Crippen molar-refractivity contribution in [3.05, 3.63) is 125 Å². The van der Waals surface area contributed by atoms with Crippen molar-refractivity contribution in [2.75, 3.05) is 52.7 Å². The van der Waals surface area contributed by atoms with Crippen LogP contribution in [0.1, 0.15) is 36.8 Å². The molecule has 0 saturated heterocycles. The SMILES string of the molecule is COc1ccc(-c2ccc(NC(=O)C3(c4ccc5c(c4)OCO5)CC3)nc2)c(OC)c1.COc1ccc(B(O)O)c(OC)c1.O=C(Nc1ccc(Br)cn1)C1(c2ccc3c(c2)OCO3)CC1. The van der Waals surface area contributed by atoms with Crippen molar-refractivity contribution < 1.29 is 57.5 Å². The van der Waals surface area contributed by atoms with Gasteiger partial charge in [0.1, 0.15) is 34.6 Å². The predicted octanol–water partition coefficient (Wildman–Crippen LogP) is 6.79. The van der Waals surface area contributed by atoms with E-state index in [9.17, 15) is 9.59 Å². The first-order chi connectivity index (χ1) is 32.0. The molecule has 66 heavy (non-hydrogen) atoms. The molecular formula is C48H46BBrN4O12. The van der Waals surface area contributed by atoms with Crippen LogP contribution in [0.5, 0.6) is 46.0 Å². The fourth-order valence-corrected chi connectivity index (χ4v) is 7.78. The first-order valence-corrected chi connectivity index (χ1v) is 21.6. The number of carbonyl (C=O) groups is 2. The summed E-state index contributed by atoms with van der Waals surface area (Å²) in [7, 11) is 4.69. The van der Waals surface area contributed by atoms with Crippen molar-refractivity contribution in [2.24, 2.45) is 0 Å². The molecule has 10 rings (SSSR count). The zero-order valence-electron chi connectivity index (χ0n) is 36.5. The Balaban J connectivity index is 0.000000147. The molecule has 0 atom stereocenters. The van der Waals surface area contributed by atoms with E-state index in [1.54, 1.807) is 56.9 Å². The van der Waals surface area contributed by atoms with E-state index in [4.69, 9.17) is 47.9 Å². The molecule has 6 aromatic rings. The van der Waals surface area contributed by atoms with E-state index in [1.807, 2.05) is 66.7 Å². The molecule has 0 spiro atoms. The number of pyridine rings is 2. The third-order valence-electron chi connectivity index (χ3n) is 11.6. The van der Waals surface area contributed by atoms with Crippen molar-refractivity contribution in [3.63, 3.8) is 0 Å². The van der Waals surface area contributed by atoms with E-state index in [2.05, 4.69) is 36.5 Å². The van der Waals surface area contributed by atoms with Crippen molar-refractivity contribution >= 4 is 52.0 Å². The molecule has 0 radical (unpaired) electrons. The van der Waals surface area contributed by atoms with E-state index >= 15 is 0 Å². The van der Waals surface area contributed by atoms with Crippen LogP contribution in [0.3, 0.4) is 0 Å². The molecule has 2 aliphatic heterocycles. The second-order valence-electron chi connectivity index (χ2n) is 15.6. The summed E-state index contributed by atoms with van der Waals surface area (Å²) < 4.78 is 43.1. The average molecular weight is 962 g/mol. The molecular weight excluding hydrogens is 915 g/mol. The third kappa shape index (κ3) is 9.80. The van der Waals surface area contributed by atoms with E-state index in [-0.39, 0.29) is 25.4 Å². The zero-order valence-corrected chi connectivity index (χ0v) is 38.0. The van der Waals surface area contributed by atoms with Gasteiger partial charge in [-0.15, -0.1) is 0 Å². The normalized spacial score (nSPS) is 14.8. The largest absolute Gasteiger partial charge is 0.497 e. The van der Waals surface area contributed by atoms with Gasteiger partial charge in [0, 0.05) is 45.6 Å². The fraction of sp³-hybridized carbons (Fsp3) is 0.250. The Morgan fingerprint density at radius 3 is 1.55 bits per heavy atom. The summed E-state index contributed by atoms with van der Waals surface area (Å²) in [6.45, 7) is 0.452. The number of halogens is 1. The summed E-state index contributed by atoms with van der Waals surface area (Å²) in [5.74, 6) is 6.24. The second-order valence-corrected chi connectivity index (χ2v) is 16.5. The summed E-state index contributed by atoms with van der Waals surface area (Å²) >= 11 is 3.33. The summed E-state index contributed by atoms with van der Waals surface area (Å²) in [5.41, 5.74) is 2.99. The molecule has 0 bridgehead atoms. The monoisotopic (exact) mass is 960 g/mol. The summed E-state index contributed by atoms with van der Waals surface area (Å²) in [6, 6.07) is 29.1. The molecule has 0 unspecified atom stereocenters. The quantitative estimate of drug-likeness (QED) is 0.0936. The van der Waals surface area contributed by atoms with Gasteiger partial charge in [0.25, 0.3) is 0 Å². The number of fused-ring (bicyclic) bond motifs is 2. The molecule has 16 nitrogen and oxygen atoms in total. The molecule has 18 heteroatoms. The van der Waals surface area contributed by atoms with Gasteiger partial charge >= 0.3 is 7.12 Å². The van der Waals surface area contributed by atoms with Crippen LogP contribution in [-0.2, 0) is 20.4 Å². The second kappa shape index (κ2) is 19.6. The number of benzene rings is 4. The highest BCUT2D eigenvalue weighted by Gasteiger charge is 2.52. The van der Waals surface area contributed by atoms with Gasteiger partial charge in [-0.2, -0.15) is 0 Å². The van der Waals surface area contributed by atoms with Crippen molar-refractivity contribution in [3.8, 4) is 57.1 Å². The number of ether oxygens (including phenoxy) is 8. The van der Waals surface area contributed by atoms with Gasteiger partial charge in [-0.25, -0.2) is 9.97 Å². The highest BCUT2D eigenvalue weighted by molar-refractivity contribution is 9.10. The van der Waals surface area contributed by atoms with E-state index < -0.39 is 17.9 Å². The Morgan fingerprint density at radius 2 is 1.09 bits per heavy atom. The molecule has 2 fully saturated rings. The maximum Gasteiger partial charge on any atom is 0.492 e. The highest BCUT2D eigenvalue weighted by Crippen LogP contribution is 2.52. The number of hydrogen-bond donors (Lipinski definition) is 4. The molecule has 4 heterocycles. The van der Waals surface area contributed by atoms with Crippen LogP contribution in [0.4, 0.5) is 11.6 Å². The van der Waals surface area contributed by atoms with Gasteiger partial charge in [-0.3, -0.25) is 9.59 Å². The lowest BCUT2D eigenvalue weighted by molar-refractivity contribution is -0.119. The first kappa shape index (κ1) is 45.5. The highest BCUT2D eigenvalue weighted by atomic mass is 79.9. The number of carbonyl (C=O) groups excluding carboxylic acids is 2. The van der Waals surface area contributed by atoms with Crippen molar-refractivity contribution in [1.29, 1.82) is 0 Å². The minimum absolute atomic E-state index is 0.0267. The third-order valence-corrected chi connectivity index (χ3v) is 12.1. The molecule has 4 aliphatic rings. The molecule has 2 aromatic heterocycles. The molecule has 2 amide bonds. The van der Waals surface area contributed by atoms with Gasteiger partial charge in [0.15, 0.2) is 23.0 Å². The lowest BCUT2D eigenvalue weighted by Crippen LogP contribution is -2.31. The Labute approximate surface area is 389 Å². The lowest BCUT2D eigenvalue weighted by Gasteiger charge is -2.16. The number of rotatable bonds is 12. The summed E-state index contributed by atoms with van der Waals surface area (Å²) in [6.07, 6.45) is 6.62. The van der Waals surface area contributed by atoms with Crippen molar-refractivity contribution in [2.45, 2.75) is 36.5 Å². The van der Waals surface area contributed by atoms with Crippen LogP contribution in [0.2, 0.25) is 0 Å². The van der Waals surface area contributed by atoms with Gasteiger partial charge in [-0.05, 0) is 119 Å². The standard InChI is InChI=1S/C24H22N2O5.C16H13BrN2O3.C8H11BO4/c1-28-17-5-6-18(20(12-17)29-2)15-3-8-22(25-13-15)26-23(27)24(9-10-24)16-4-7-19-21(11-16)31-14-30-19;17-11-2-4-14(18-8-11)19-15(20)16(5-6-16)10-1-3-12-13(7-10)22-9-21-12;1-12-6-3-4-7(9(10)11)8(5-6)13-2/h3-8,11-13H,9-10,14H2,1-2H3,(H,25,26,27);1-4,7-8H,5-6,9H2,(H,18,19,20);3-5,10-11H,1-2H3. The van der Waals surface area contributed by atoms with Gasteiger partial charge in [-0.1, -0.05) is 18.2 Å². The fourth-order valence-electron chi connectivity index (χ4n) is 7.55. The first-order valence-electron chi connectivity index (χ1n) is 20.8. The minimum atomic E-state index is -1.53. The predicted molar refractivity (Wildman–Crippen MR) is 248 cm³/mol. The molecule has 2 aliphatic carbocycles. The van der Waals surface area contributed by atoms with Crippen LogP contribution in [0, 0.1) is 0 Å². The number of aromatic nitrogens is 2. The number of amides is 2. The van der Waals surface area contributed by atoms with E-state index in [1.165, 1.54) is 14.2 Å². The molecule has 2 saturated carbocycles. The average Bonchev–Trinajstić information content (AvgIpc) is 4.25. The number of anilines is 2. The summed E-state index contributed by atoms with van der Waals surface area (Å²) in [4.78, 5) is 34.3. The zero-order chi connectivity index (χ0) is 46.4. The topological polar surface area (TPSA) is 198 Å². The maximum atomic E-state index is 13.1. The van der Waals surface area contributed by atoms with Crippen LogP contribution >= 0.6 is 15.9 Å². The Morgan fingerprint density at radius 1 is 0.591 bits per heavy atom. The van der Waals surface area contributed by atoms with Gasteiger partial charge in [0.2, 0.25) is 25.4 Å². The Hall–Kier alpha value is -7.02. The minimum Gasteiger partial charge on any atom is -0.497 e.